The van der Waals surface area contributed by atoms with Crippen LogP contribution in [0, 0.1) is 28.6 Å². The third kappa shape index (κ3) is 1.71. The number of hydrogen-bond donors (Lipinski definition) is 1. The minimum Gasteiger partial charge on any atom is -0.393 e. The van der Waals surface area contributed by atoms with Crippen molar-refractivity contribution in [1.82, 2.24) is 0 Å². The molecule has 5 aliphatic rings. The molecule has 1 spiro atoms. The summed E-state index contributed by atoms with van der Waals surface area (Å²) in [5.41, 5.74) is 0.0403. The van der Waals surface area contributed by atoms with Crippen LogP contribution in [-0.2, 0) is 14.3 Å². The van der Waals surface area contributed by atoms with Gasteiger partial charge in [-0.1, -0.05) is 25.5 Å². The predicted molar refractivity (Wildman–Crippen MR) is 91.7 cm³/mol. The number of ketones is 2. The molecule has 0 bridgehead atoms. The molecule has 0 aromatic heterocycles. The molecule has 134 valence electrons. The molecule has 0 radical (unpaired) electrons. The second-order valence-electron chi connectivity index (χ2n) is 9.29. The maximum atomic E-state index is 12.4. The molecule has 0 unspecified atom stereocenters. The molecule has 4 fully saturated rings. The Morgan fingerprint density at radius 2 is 2.04 bits per heavy atom. The summed E-state index contributed by atoms with van der Waals surface area (Å²) in [6, 6.07) is 0. The normalized spacial score (nSPS) is 53.8. The van der Waals surface area contributed by atoms with Gasteiger partial charge < -0.3 is 9.84 Å². The number of Topliss-reactive ketones (excluding diaryl/α,β-unsaturated/α-hetero) is 1. The first-order valence-corrected chi connectivity index (χ1v) is 9.61. The number of fused-ring (bicyclic) bond motifs is 6. The molecule has 3 saturated carbocycles. The number of carbonyl (C=O) groups excluding carboxylic acids is 2. The van der Waals surface area contributed by atoms with Gasteiger partial charge in [0.2, 0.25) is 0 Å². The molecule has 0 amide bonds. The van der Waals surface area contributed by atoms with Crippen LogP contribution in [0.4, 0.5) is 0 Å². The van der Waals surface area contributed by atoms with Crippen LogP contribution in [0.25, 0.3) is 0 Å². The number of aliphatic hydroxyl groups excluding tert-OH is 1. The Balaban J connectivity index is 1.56. The summed E-state index contributed by atoms with van der Waals surface area (Å²) in [7, 11) is 0. The van der Waals surface area contributed by atoms with Crippen molar-refractivity contribution < 1.29 is 19.4 Å². The maximum absolute atomic E-state index is 12.4. The van der Waals surface area contributed by atoms with Gasteiger partial charge in [0.1, 0.15) is 12.2 Å². The van der Waals surface area contributed by atoms with Gasteiger partial charge >= 0.3 is 0 Å². The zero-order valence-corrected chi connectivity index (χ0v) is 15.0. The zero-order chi connectivity index (χ0) is 17.6. The van der Waals surface area contributed by atoms with Crippen molar-refractivity contribution in [2.45, 2.75) is 57.7 Å². The Morgan fingerprint density at radius 1 is 1.24 bits per heavy atom. The van der Waals surface area contributed by atoms with E-state index in [9.17, 15) is 14.7 Å². The van der Waals surface area contributed by atoms with Crippen molar-refractivity contribution in [2.75, 3.05) is 6.61 Å². The zero-order valence-electron chi connectivity index (χ0n) is 15.0. The van der Waals surface area contributed by atoms with Gasteiger partial charge in [-0.15, -0.1) is 0 Å². The summed E-state index contributed by atoms with van der Waals surface area (Å²) in [6.07, 6.45) is 9.35. The van der Waals surface area contributed by atoms with E-state index in [1.54, 1.807) is 12.2 Å². The van der Waals surface area contributed by atoms with Crippen molar-refractivity contribution in [3.8, 4) is 0 Å². The van der Waals surface area contributed by atoms with Gasteiger partial charge in [0.25, 0.3) is 0 Å². The molecule has 4 nitrogen and oxygen atoms in total. The first kappa shape index (κ1) is 16.0. The van der Waals surface area contributed by atoms with Crippen LogP contribution in [0.15, 0.2) is 23.8 Å². The van der Waals surface area contributed by atoms with Crippen molar-refractivity contribution in [3.05, 3.63) is 23.8 Å². The predicted octanol–water partition coefficient (Wildman–Crippen LogP) is 2.60. The van der Waals surface area contributed by atoms with Crippen molar-refractivity contribution in [1.29, 1.82) is 0 Å². The van der Waals surface area contributed by atoms with E-state index in [0.717, 1.165) is 25.7 Å². The van der Waals surface area contributed by atoms with E-state index in [-0.39, 0.29) is 34.9 Å². The fourth-order valence-electron chi connectivity index (χ4n) is 7.31. The second kappa shape index (κ2) is 4.72. The Morgan fingerprint density at radius 3 is 2.72 bits per heavy atom. The van der Waals surface area contributed by atoms with E-state index < -0.39 is 11.7 Å². The van der Waals surface area contributed by atoms with E-state index in [2.05, 4.69) is 13.8 Å². The third-order valence-electron chi connectivity index (χ3n) is 8.52. The van der Waals surface area contributed by atoms with Crippen LogP contribution in [-0.4, -0.2) is 35.0 Å². The summed E-state index contributed by atoms with van der Waals surface area (Å²) in [5.74, 6) is 1.21. The molecule has 4 aliphatic carbocycles. The minimum atomic E-state index is -0.640. The van der Waals surface area contributed by atoms with Gasteiger partial charge in [0.05, 0.1) is 6.10 Å². The monoisotopic (exact) mass is 342 g/mol. The van der Waals surface area contributed by atoms with E-state index in [1.165, 1.54) is 5.57 Å². The molecule has 1 heterocycles. The van der Waals surface area contributed by atoms with Gasteiger partial charge in [-0.05, 0) is 56.1 Å². The first-order chi connectivity index (χ1) is 11.8. The van der Waals surface area contributed by atoms with Gasteiger partial charge in [0, 0.05) is 16.7 Å². The fraction of sp³-hybridized carbons (Fsp3) is 0.714. The topological polar surface area (TPSA) is 63.6 Å². The average Bonchev–Trinajstić information content (AvgIpc) is 2.88. The summed E-state index contributed by atoms with van der Waals surface area (Å²) in [4.78, 5) is 24.3. The highest BCUT2D eigenvalue weighted by Gasteiger charge is 2.71. The Kier molecular flexibility index (Phi) is 3.01. The average molecular weight is 342 g/mol. The molecular formula is C21H26O4. The molecular weight excluding hydrogens is 316 g/mol. The molecule has 0 aromatic rings. The smallest absolute Gasteiger partial charge is 0.190 e. The number of rotatable bonds is 0. The second-order valence-corrected chi connectivity index (χ2v) is 9.29. The lowest BCUT2D eigenvalue weighted by atomic mass is 9.46. The molecule has 1 N–H and O–H groups in total. The summed E-state index contributed by atoms with van der Waals surface area (Å²) in [6.45, 7) is 4.59. The summed E-state index contributed by atoms with van der Waals surface area (Å²) < 4.78 is 5.91. The van der Waals surface area contributed by atoms with E-state index in [0.29, 0.717) is 18.3 Å². The standard InChI is InChI=1S/C21H26O4/c1-19-7-5-13(22)9-12(19)3-4-14-15-6-8-21(17(24)11-25-21)20(15,2)10-16(23)18(14)19/h5,7,9,14-16,18,23H,3-4,6,8,10-11H2,1-2H3/t14-,15+,16-,18-,19-,20-,21-/m0/s1. The molecule has 1 aliphatic heterocycles. The van der Waals surface area contributed by atoms with Crippen molar-refractivity contribution in [3.63, 3.8) is 0 Å². The van der Waals surface area contributed by atoms with E-state index in [4.69, 9.17) is 4.74 Å². The van der Waals surface area contributed by atoms with Crippen LogP contribution in [0.2, 0.25) is 0 Å². The van der Waals surface area contributed by atoms with Crippen molar-refractivity contribution in [2.24, 2.45) is 28.6 Å². The minimum absolute atomic E-state index is 0.0642. The van der Waals surface area contributed by atoms with Gasteiger partial charge in [-0.3, -0.25) is 9.59 Å². The third-order valence-corrected chi connectivity index (χ3v) is 8.52. The highest BCUT2D eigenvalue weighted by molar-refractivity contribution is 6.01. The van der Waals surface area contributed by atoms with Crippen LogP contribution in [0.1, 0.15) is 46.0 Å². The van der Waals surface area contributed by atoms with Gasteiger partial charge in [-0.25, -0.2) is 0 Å². The van der Waals surface area contributed by atoms with Crippen molar-refractivity contribution >= 4 is 11.6 Å². The lowest BCUT2D eigenvalue weighted by Gasteiger charge is -2.61. The highest BCUT2D eigenvalue weighted by atomic mass is 16.5. The van der Waals surface area contributed by atoms with E-state index >= 15 is 0 Å². The number of hydrogen-bond acceptors (Lipinski definition) is 4. The van der Waals surface area contributed by atoms with Crippen LogP contribution in [0.5, 0.6) is 0 Å². The Bertz CT molecular complexity index is 736. The van der Waals surface area contributed by atoms with Crippen LogP contribution in [0.3, 0.4) is 0 Å². The number of aliphatic hydroxyl groups is 1. The molecule has 7 atom stereocenters. The Hall–Kier alpha value is -1.26. The Labute approximate surface area is 148 Å². The lowest BCUT2D eigenvalue weighted by molar-refractivity contribution is -0.224. The van der Waals surface area contributed by atoms with Gasteiger partial charge in [-0.2, -0.15) is 0 Å². The molecule has 25 heavy (non-hydrogen) atoms. The highest BCUT2D eigenvalue weighted by Crippen LogP contribution is 2.68. The number of carbonyl (C=O) groups is 2. The lowest BCUT2D eigenvalue weighted by Crippen LogP contribution is -2.67. The van der Waals surface area contributed by atoms with Crippen LogP contribution < -0.4 is 0 Å². The fourth-order valence-corrected chi connectivity index (χ4v) is 7.31. The number of allylic oxidation sites excluding steroid dienone is 4. The molecule has 0 aromatic carbocycles. The molecule has 4 heteroatoms. The number of ether oxygens (including phenoxy) is 1. The van der Waals surface area contributed by atoms with Crippen LogP contribution >= 0.6 is 0 Å². The van der Waals surface area contributed by atoms with Gasteiger partial charge in [0.15, 0.2) is 11.6 Å². The summed E-state index contributed by atoms with van der Waals surface area (Å²) in [5, 5.41) is 11.2. The van der Waals surface area contributed by atoms with E-state index in [1.807, 2.05) is 6.08 Å². The first-order valence-electron chi connectivity index (χ1n) is 9.61. The summed E-state index contributed by atoms with van der Waals surface area (Å²) >= 11 is 0. The quantitative estimate of drug-likeness (QED) is 0.735. The molecule has 1 saturated heterocycles. The SMILES string of the molecule is C[C@]12C=CC(=O)C=C1CC[C@@H]1[C@H]2[C@@H](O)C[C@@]2(C)[C@@H]1CC[C@@]21OCC1=O. The molecule has 5 rings (SSSR count). The maximum Gasteiger partial charge on any atom is 0.190 e. The largest absolute Gasteiger partial charge is 0.393 e.